The molecule has 0 spiro atoms. The number of pyridine rings is 1. The minimum atomic E-state index is 0.588. The van der Waals surface area contributed by atoms with Crippen LogP contribution in [-0.4, -0.2) is 4.98 Å². The van der Waals surface area contributed by atoms with Crippen molar-refractivity contribution in [3.63, 3.8) is 0 Å². The SMILES string of the molecule is Cc1cc(C)c(C#N)c(Nc2cc(Br)ccc2C)n1. The van der Waals surface area contributed by atoms with Crippen LogP contribution < -0.4 is 5.32 Å². The van der Waals surface area contributed by atoms with Gasteiger partial charge in [0.1, 0.15) is 11.9 Å². The molecule has 0 aliphatic heterocycles. The van der Waals surface area contributed by atoms with Gasteiger partial charge in [-0.1, -0.05) is 22.0 Å². The lowest BCUT2D eigenvalue weighted by atomic mass is 10.1. The first kappa shape index (κ1) is 13.6. The second-order valence-electron chi connectivity index (χ2n) is 4.50. The lowest BCUT2D eigenvalue weighted by Crippen LogP contribution is -2.02. The topological polar surface area (TPSA) is 48.7 Å². The molecule has 1 aromatic carbocycles. The zero-order chi connectivity index (χ0) is 14.0. The molecular weight excluding hydrogens is 302 g/mol. The molecule has 1 N–H and O–H groups in total. The van der Waals surface area contributed by atoms with Crippen LogP contribution in [0.15, 0.2) is 28.7 Å². The number of anilines is 2. The molecule has 0 fully saturated rings. The van der Waals surface area contributed by atoms with Crippen molar-refractivity contribution in [2.24, 2.45) is 0 Å². The molecule has 2 rings (SSSR count). The predicted octanol–water partition coefficient (Wildman–Crippen LogP) is 4.38. The van der Waals surface area contributed by atoms with E-state index in [1.54, 1.807) is 0 Å². The lowest BCUT2D eigenvalue weighted by Gasteiger charge is -2.12. The molecule has 0 saturated carbocycles. The number of nitrogens with zero attached hydrogens (tertiary/aromatic N) is 2. The fourth-order valence-electron chi connectivity index (χ4n) is 1.92. The van der Waals surface area contributed by atoms with Crippen LogP contribution in [0.4, 0.5) is 11.5 Å². The van der Waals surface area contributed by atoms with Crippen molar-refractivity contribution in [2.45, 2.75) is 20.8 Å². The van der Waals surface area contributed by atoms with Gasteiger partial charge in [0.05, 0.1) is 5.56 Å². The number of aromatic nitrogens is 1. The van der Waals surface area contributed by atoms with E-state index in [1.807, 2.05) is 45.0 Å². The summed E-state index contributed by atoms with van der Waals surface area (Å²) in [5, 5.41) is 12.5. The molecule has 1 aromatic heterocycles. The Bertz CT molecular complexity index is 672. The van der Waals surface area contributed by atoms with Crippen molar-refractivity contribution in [3.05, 3.63) is 51.1 Å². The highest BCUT2D eigenvalue weighted by atomic mass is 79.9. The first-order chi connectivity index (χ1) is 9.01. The Morgan fingerprint density at radius 1 is 1.16 bits per heavy atom. The number of rotatable bonds is 2. The number of aryl methyl sites for hydroxylation is 3. The molecule has 4 heteroatoms. The van der Waals surface area contributed by atoms with Gasteiger partial charge in [-0.25, -0.2) is 4.98 Å². The number of nitrogens with one attached hydrogen (secondary N) is 1. The molecule has 0 radical (unpaired) electrons. The van der Waals surface area contributed by atoms with Crippen LogP contribution in [-0.2, 0) is 0 Å². The summed E-state index contributed by atoms with van der Waals surface area (Å²) in [6, 6.07) is 10.1. The summed E-state index contributed by atoms with van der Waals surface area (Å²) in [6.45, 7) is 5.86. The quantitative estimate of drug-likeness (QED) is 0.894. The summed E-state index contributed by atoms with van der Waals surface area (Å²) in [7, 11) is 0. The monoisotopic (exact) mass is 315 g/mol. The average Bonchev–Trinajstić information content (AvgIpc) is 2.33. The summed E-state index contributed by atoms with van der Waals surface area (Å²) >= 11 is 3.45. The Morgan fingerprint density at radius 3 is 2.58 bits per heavy atom. The van der Waals surface area contributed by atoms with Gasteiger partial charge in [0.15, 0.2) is 0 Å². The maximum Gasteiger partial charge on any atom is 0.148 e. The summed E-state index contributed by atoms with van der Waals surface area (Å²) in [4.78, 5) is 4.42. The molecule has 2 aromatic rings. The lowest BCUT2D eigenvalue weighted by molar-refractivity contribution is 1.16. The predicted molar refractivity (Wildman–Crippen MR) is 80.6 cm³/mol. The van der Waals surface area contributed by atoms with Gasteiger partial charge in [0.25, 0.3) is 0 Å². The molecule has 96 valence electrons. The maximum atomic E-state index is 9.25. The summed E-state index contributed by atoms with van der Waals surface area (Å²) in [5.74, 6) is 0.612. The highest BCUT2D eigenvalue weighted by Crippen LogP contribution is 2.26. The van der Waals surface area contributed by atoms with E-state index in [1.165, 1.54) is 0 Å². The maximum absolute atomic E-state index is 9.25. The van der Waals surface area contributed by atoms with E-state index in [2.05, 4.69) is 32.3 Å². The zero-order valence-electron chi connectivity index (χ0n) is 11.1. The molecule has 0 aliphatic rings. The third kappa shape index (κ3) is 2.94. The third-order valence-electron chi connectivity index (χ3n) is 2.91. The van der Waals surface area contributed by atoms with Crippen LogP contribution in [0.3, 0.4) is 0 Å². The van der Waals surface area contributed by atoms with Crippen molar-refractivity contribution < 1.29 is 0 Å². The van der Waals surface area contributed by atoms with E-state index in [0.717, 1.165) is 27.0 Å². The van der Waals surface area contributed by atoms with E-state index >= 15 is 0 Å². The van der Waals surface area contributed by atoms with Crippen LogP contribution in [0.25, 0.3) is 0 Å². The van der Waals surface area contributed by atoms with E-state index in [4.69, 9.17) is 0 Å². The summed E-state index contributed by atoms with van der Waals surface area (Å²) in [6.07, 6.45) is 0. The Kier molecular flexibility index (Phi) is 3.87. The van der Waals surface area contributed by atoms with Crippen LogP contribution in [0.5, 0.6) is 0 Å². The normalized spacial score (nSPS) is 10.1. The molecule has 0 unspecified atom stereocenters. The van der Waals surface area contributed by atoms with Crippen LogP contribution >= 0.6 is 15.9 Å². The van der Waals surface area contributed by atoms with Crippen molar-refractivity contribution in [1.29, 1.82) is 5.26 Å². The zero-order valence-corrected chi connectivity index (χ0v) is 12.7. The van der Waals surface area contributed by atoms with Gasteiger partial charge < -0.3 is 5.32 Å². The van der Waals surface area contributed by atoms with Crippen molar-refractivity contribution in [1.82, 2.24) is 4.98 Å². The summed E-state index contributed by atoms with van der Waals surface area (Å²) in [5.41, 5.74) is 4.47. The number of halogens is 1. The van der Waals surface area contributed by atoms with Gasteiger partial charge in [-0.2, -0.15) is 5.26 Å². The number of nitriles is 1. The van der Waals surface area contributed by atoms with Gasteiger partial charge in [-0.15, -0.1) is 0 Å². The number of hydrogen-bond donors (Lipinski definition) is 1. The minimum Gasteiger partial charge on any atom is -0.339 e. The largest absolute Gasteiger partial charge is 0.339 e. The second-order valence-corrected chi connectivity index (χ2v) is 5.42. The molecular formula is C15H14BrN3. The van der Waals surface area contributed by atoms with Gasteiger partial charge in [0.2, 0.25) is 0 Å². The highest BCUT2D eigenvalue weighted by molar-refractivity contribution is 9.10. The first-order valence-corrected chi connectivity index (χ1v) is 6.72. The average molecular weight is 316 g/mol. The van der Waals surface area contributed by atoms with Gasteiger partial charge >= 0.3 is 0 Å². The van der Waals surface area contributed by atoms with Gasteiger partial charge in [-0.3, -0.25) is 0 Å². The highest BCUT2D eigenvalue weighted by Gasteiger charge is 2.10. The molecule has 0 saturated heterocycles. The number of hydrogen-bond acceptors (Lipinski definition) is 3. The van der Waals surface area contributed by atoms with Gasteiger partial charge in [0, 0.05) is 15.9 Å². The number of benzene rings is 1. The summed E-state index contributed by atoms with van der Waals surface area (Å²) < 4.78 is 0.989. The Balaban J connectivity index is 2.49. The van der Waals surface area contributed by atoms with Crippen LogP contribution in [0.1, 0.15) is 22.4 Å². The van der Waals surface area contributed by atoms with Crippen molar-refractivity contribution in [2.75, 3.05) is 5.32 Å². The minimum absolute atomic E-state index is 0.588. The molecule has 1 heterocycles. The Hall–Kier alpha value is -1.86. The molecule has 3 nitrogen and oxygen atoms in total. The van der Waals surface area contributed by atoms with Gasteiger partial charge in [-0.05, 0) is 50.1 Å². The van der Waals surface area contributed by atoms with E-state index in [-0.39, 0.29) is 0 Å². The second kappa shape index (κ2) is 5.41. The Labute approximate surface area is 121 Å². The Morgan fingerprint density at radius 2 is 1.89 bits per heavy atom. The molecule has 0 aliphatic carbocycles. The van der Waals surface area contributed by atoms with E-state index in [0.29, 0.717) is 11.4 Å². The molecule has 19 heavy (non-hydrogen) atoms. The fraction of sp³-hybridized carbons (Fsp3) is 0.200. The van der Waals surface area contributed by atoms with Crippen molar-refractivity contribution in [3.8, 4) is 6.07 Å². The smallest absolute Gasteiger partial charge is 0.148 e. The molecule has 0 bridgehead atoms. The fourth-order valence-corrected chi connectivity index (χ4v) is 2.29. The first-order valence-electron chi connectivity index (χ1n) is 5.93. The van der Waals surface area contributed by atoms with Crippen LogP contribution in [0.2, 0.25) is 0 Å². The molecule has 0 atom stereocenters. The molecule has 0 amide bonds. The van der Waals surface area contributed by atoms with E-state index in [9.17, 15) is 5.26 Å². The standard InChI is InChI=1S/C15H14BrN3/c1-9-4-5-12(16)7-14(9)19-15-13(8-17)10(2)6-11(3)18-15/h4-7H,1-3H3,(H,18,19). The van der Waals surface area contributed by atoms with Crippen molar-refractivity contribution >= 4 is 27.4 Å². The van der Waals surface area contributed by atoms with Crippen LogP contribution in [0, 0.1) is 32.1 Å². The third-order valence-corrected chi connectivity index (χ3v) is 3.40. The van der Waals surface area contributed by atoms with E-state index < -0.39 is 0 Å².